The average Bonchev–Trinajstić information content (AvgIpc) is 3.30. The monoisotopic (exact) mass is 431 g/mol. The standard InChI is InChI=1S/C25H18BN5O2/c1-33-25(32)17-9-7-16(8-10-17)22-21(26)23(27)31-24(30-22)19(14-29-31)18-11-12-20(28-13-18)15-5-3-2-4-6-15/h2-14H,27H2,1H3. The average molecular weight is 431 g/mol. The van der Waals surface area contributed by atoms with Crippen LogP contribution >= 0.6 is 0 Å². The van der Waals surface area contributed by atoms with Gasteiger partial charge < -0.3 is 10.5 Å². The zero-order valence-corrected chi connectivity index (χ0v) is 17.8. The number of carbonyl (C=O) groups is 1. The third-order valence-electron chi connectivity index (χ3n) is 5.44. The number of nitrogens with two attached hydrogens (primary N) is 1. The van der Waals surface area contributed by atoms with Gasteiger partial charge in [-0.2, -0.15) is 9.61 Å². The number of methoxy groups -OCH3 is 1. The first-order valence-corrected chi connectivity index (χ1v) is 10.2. The van der Waals surface area contributed by atoms with Gasteiger partial charge in [0.2, 0.25) is 0 Å². The lowest BCUT2D eigenvalue weighted by atomic mass is 9.91. The largest absolute Gasteiger partial charge is 0.465 e. The van der Waals surface area contributed by atoms with E-state index in [1.165, 1.54) is 11.6 Å². The molecule has 0 fully saturated rings. The van der Waals surface area contributed by atoms with Crippen LogP contribution in [-0.2, 0) is 4.74 Å². The minimum Gasteiger partial charge on any atom is -0.465 e. The Balaban J connectivity index is 1.58. The summed E-state index contributed by atoms with van der Waals surface area (Å²) in [4.78, 5) is 21.1. The van der Waals surface area contributed by atoms with Gasteiger partial charge in [-0.25, -0.2) is 9.78 Å². The molecule has 0 bridgehead atoms. The lowest BCUT2D eigenvalue weighted by molar-refractivity contribution is 0.0601. The van der Waals surface area contributed by atoms with E-state index in [2.05, 4.69) is 10.1 Å². The summed E-state index contributed by atoms with van der Waals surface area (Å²) in [5, 5.41) is 4.38. The van der Waals surface area contributed by atoms with Gasteiger partial charge in [0.05, 0.1) is 30.3 Å². The molecule has 2 N–H and O–H groups in total. The Hall–Kier alpha value is -4.46. The van der Waals surface area contributed by atoms with Crippen molar-refractivity contribution in [3.63, 3.8) is 0 Å². The molecule has 7 nitrogen and oxygen atoms in total. The molecule has 2 radical (unpaired) electrons. The van der Waals surface area contributed by atoms with Crippen molar-refractivity contribution in [2.45, 2.75) is 0 Å². The van der Waals surface area contributed by atoms with Gasteiger partial charge in [0, 0.05) is 22.9 Å². The van der Waals surface area contributed by atoms with Gasteiger partial charge in [0.25, 0.3) is 0 Å². The van der Waals surface area contributed by atoms with Crippen LogP contribution in [0.25, 0.3) is 39.3 Å². The Morgan fingerprint density at radius 2 is 1.67 bits per heavy atom. The fraction of sp³-hybridized carbons (Fsp3) is 0.0400. The minimum atomic E-state index is -0.415. The van der Waals surface area contributed by atoms with Crippen LogP contribution < -0.4 is 11.2 Å². The molecule has 0 amide bonds. The summed E-state index contributed by atoms with van der Waals surface area (Å²) in [6.07, 6.45) is 3.49. The molecule has 33 heavy (non-hydrogen) atoms. The Bertz CT molecular complexity index is 1460. The molecule has 0 aliphatic heterocycles. The van der Waals surface area contributed by atoms with Gasteiger partial charge in [-0.1, -0.05) is 48.5 Å². The molecule has 2 aromatic carbocycles. The van der Waals surface area contributed by atoms with Crippen molar-refractivity contribution in [1.82, 2.24) is 19.6 Å². The van der Waals surface area contributed by atoms with Crippen molar-refractivity contribution < 1.29 is 9.53 Å². The number of anilines is 1. The van der Waals surface area contributed by atoms with E-state index in [-0.39, 0.29) is 5.82 Å². The number of benzene rings is 2. The van der Waals surface area contributed by atoms with E-state index in [0.717, 1.165) is 27.9 Å². The molecule has 158 valence electrons. The number of carbonyl (C=O) groups excluding carboxylic acids is 1. The third-order valence-corrected chi connectivity index (χ3v) is 5.44. The highest BCUT2D eigenvalue weighted by atomic mass is 16.5. The van der Waals surface area contributed by atoms with Crippen LogP contribution in [0.1, 0.15) is 10.4 Å². The smallest absolute Gasteiger partial charge is 0.337 e. The summed E-state index contributed by atoms with van der Waals surface area (Å²) in [7, 11) is 7.62. The quantitative estimate of drug-likeness (QED) is 0.347. The maximum atomic E-state index is 11.7. The molecular formula is C25H18BN5O2. The molecule has 0 saturated heterocycles. The van der Waals surface area contributed by atoms with Crippen molar-refractivity contribution >= 4 is 30.7 Å². The van der Waals surface area contributed by atoms with E-state index in [1.54, 1.807) is 36.7 Å². The maximum Gasteiger partial charge on any atom is 0.337 e. The number of ether oxygens (including phenoxy) is 1. The molecule has 0 spiro atoms. The van der Waals surface area contributed by atoms with Crippen molar-refractivity contribution in [3.05, 3.63) is 84.7 Å². The van der Waals surface area contributed by atoms with Gasteiger partial charge in [-0.05, 0) is 29.2 Å². The SMILES string of the molecule is [B]c1c(-c2ccc(C(=O)OC)cc2)nc2c(-c3ccc(-c4ccccc4)nc3)cnn2c1N. The van der Waals surface area contributed by atoms with Crippen LogP contribution in [0.3, 0.4) is 0 Å². The highest BCUT2D eigenvalue weighted by molar-refractivity contribution is 6.38. The zero-order valence-electron chi connectivity index (χ0n) is 17.8. The summed E-state index contributed by atoms with van der Waals surface area (Å²) in [6.45, 7) is 0. The Kier molecular flexibility index (Phi) is 5.10. The molecule has 0 saturated carbocycles. The van der Waals surface area contributed by atoms with Crippen LogP contribution in [0.4, 0.5) is 5.82 Å². The summed E-state index contributed by atoms with van der Waals surface area (Å²) in [6, 6.07) is 20.7. The molecule has 0 aliphatic carbocycles. The Morgan fingerprint density at radius 1 is 0.939 bits per heavy atom. The minimum absolute atomic E-state index is 0.284. The van der Waals surface area contributed by atoms with Crippen LogP contribution in [0.15, 0.2) is 79.1 Å². The third kappa shape index (κ3) is 3.61. The topological polar surface area (TPSA) is 95.4 Å². The molecule has 8 heteroatoms. The van der Waals surface area contributed by atoms with Gasteiger partial charge in [0.1, 0.15) is 13.7 Å². The van der Waals surface area contributed by atoms with Gasteiger partial charge in [-0.3, -0.25) is 4.98 Å². The number of rotatable bonds is 4. The van der Waals surface area contributed by atoms with Crippen molar-refractivity contribution in [3.8, 4) is 33.6 Å². The second-order valence-corrected chi connectivity index (χ2v) is 7.42. The van der Waals surface area contributed by atoms with Gasteiger partial charge in [-0.15, -0.1) is 0 Å². The molecule has 0 atom stereocenters. The number of esters is 1. The van der Waals surface area contributed by atoms with Crippen LogP contribution in [-0.4, -0.2) is 40.5 Å². The second-order valence-electron chi connectivity index (χ2n) is 7.42. The fourth-order valence-corrected chi connectivity index (χ4v) is 3.67. The number of fused-ring (bicyclic) bond motifs is 1. The highest BCUT2D eigenvalue weighted by Crippen LogP contribution is 2.28. The molecule has 0 aliphatic rings. The fourth-order valence-electron chi connectivity index (χ4n) is 3.67. The second kappa shape index (κ2) is 8.24. The first-order valence-electron chi connectivity index (χ1n) is 10.2. The lowest BCUT2D eigenvalue weighted by Crippen LogP contribution is -2.20. The number of hydrogen-bond acceptors (Lipinski definition) is 6. The molecule has 3 heterocycles. The molecule has 5 aromatic rings. The van der Waals surface area contributed by atoms with Crippen LogP contribution in [0.2, 0.25) is 0 Å². The lowest BCUT2D eigenvalue weighted by Gasteiger charge is -2.11. The van der Waals surface area contributed by atoms with E-state index in [4.69, 9.17) is 23.3 Å². The normalized spacial score (nSPS) is 10.9. The van der Waals surface area contributed by atoms with Crippen molar-refractivity contribution in [2.75, 3.05) is 12.8 Å². The summed E-state index contributed by atoms with van der Waals surface area (Å²) >= 11 is 0. The number of nitrogens with zero attached hydrogens (tertiary/aromatic N) is 4. The van der Waals surface area contributed by atoms with E-state index >= 15 is 0 Å². The van der Waals surface area contributed by atoms with Crippen LogP contribution in [0, 0.1) is 0 Å². The summed E-state index contributed by atoms with van der Waals surface area (Å²) in [5.41, 5.74) is 12.4. The number of pyridine rings is 1. The Morgan fingerprint density at radius 3 is 2.33 bits per heavy atom. The number of nitrogen functional groups attached to an aromatic ring is 1. The van der Waals surface area contributed by atoms with E-state index in [9.17, 15) is 4.79 Å². The summed E-state index contributed by atoms with van der Waals surface area (Å²) in [5.74, 6) is -0.130. The molecule has 5 rings (SSSR count). The van der Waals surface area contributed by atoms with E-state index in [0.29, 0.717) is 22.4 Å². The maximum absolute atomic E-state index is 11.7. The van der Waals surface area contributed by atoms with Crippen molar-refractivity contribution in [2.24, 2.45) is 0 Å². The van der Waals surface area contributed by atoms with Crippen molar-refractivity contribution in [1.29, 1.82) is 0 Å². The van der Waals surface area contributed by atoms with E-state index in [1.807, 2.05) is 42.5 Å². The predicted octanol–water partition coefficient (Wildman–Crippen LogP) is 3.29. The van der Waals surface area contributed by atoms with E-state index < -0.39 is 5.97 Å². The highest BCUT2D eigenvalue weighted by Gasteiger charge is 2.17. The van der Waals surface area contributed by atoms with Gasteiger partial charge in [0.15, 0.2) is 5.65 Å². The summed E-state index contributed by atoms with van der Waals surface area (Å²) < 4.78 is 6.27. The first kappa shape index (κ1) is 20.4. The molecule has 3 aromatic heterocycles. The predicted molar refractivity (Wildman–Crippen MR) is 128 cm³/mol. The van der Waals surface area contributed by atoms with Crippen LogP contribution in [0.5, 0.6) is 0 Å². The first-order chi connectivity index (χ1) is 16.1. The number of aromatic nitrogens is 4. The number of hydrogen-bond donors (Lipinski definition) is 1. The van der Waals surface area contributed by atoms with Gasteiger partial charge >= 0.3 is 5.97 Å². The molecular weight excluding hydrogens is 413 g/mol. The zero-order chi connectivity index (χ0) is 22.9. The molecule has 0 unspecified atom stereocenters. The Labute approximate surface area is 191 Å².